The van der Waals surface area contributed by atoms with Gasteiger partial charge < -0.3 is 13.8 Å². The summed E-state index contributed by atoms with van der Waals surface area (Å²) in [4.78, 5) is 11.8. The van der Waals surface area contributed by atoms with E-state index in [0.29, 0.717) is 23.4 Å². The van der Waals surface area contributed by atoms with E-state index in [0.717, 1.165) is 16.5 Å². The molecule has 0 spiro atoms. The van der Waals surface area contributed by atoms with E-state index in [4.69, 9.17) is 9.26 Å². The molecule has 2 heterocycles. The molecule has 0 aliphatic carbocycles. The fourth-order valence-electron chi connectivity index (χ4n) is 3.17. The number of nitrogens with zero attached hydrogens (tertiary/aromatic N) is 3. The SMILES string of the molecule is CCOC(=O)c1cc(-c2ccc3c(c2)c(C#N)cn3Cc2ccc(F)cc2)on1. The molecule has 29 heavy (non-hydrogen) atoms. The number of aromatic nitrogens is 2. The maximum absolute atomic E-state index is 13.1. The average Bonchev–Trinajstić information content (AvgIpc) is 3.35. The third-order valence-corrected chi connectivity index (χ3v) is 4.55. The van der Waals surface area contributed by atoms with Gasteiger partial charge in [0.05, 0.1) is 12.2 Å². The smallest absolute Gasteiger partial charge is 0.360 e. The molecular formula is C22H16FN3O3. The summed E-state index contributed by atoms with van der Waals surface area (Å²) in [6.45, 7) is 2.47. The van der Waals surface area contributed by atoms with Gasteiger partial charge in [-0.05, 0) is 42.8 Å². The lowest BCUT2D eigenvalue weighted by atomic mass is 10.1. The third-order valence-electron chi connectivity index (χ3n) is 4.55. The van der Waals surface area contributed by atoms with Gasteiger partial charge in [-0.3, -0.25) is 0 Å². The highest BCUT2D eigenvalue weighted by molar-refractivity contribution is 5.91. The van der Waals surface area contributed by atoms with Crippen LogP contribution < -0.4 is 0 Å². The van der Waals surface area contributed by atoms with Gasteiger partial charge in [-0.25, -0.2) is 9.18 Å². The molecule has 0 saturated heterocycles. The molecule has 0 aliphatic heterocycles. The van der Waals surface area contributed by atoms with Crippen LogP contribution >= 0.6 is 0 Å². The maximum Gasteiger partial charge on any atom is 0.360 e. The topological polar surface area (TPSA) is 81.0 Å². The first kappa shape index (κ1) is 18.4. The number of halogens is 1. The first-order valence-electron chi connectivity index (χ1n) is 9.00. The van der Waals surface area contributed by atoms with Crippen LogP contribution in [-0.2, 0) is 11.3 Å². The zero-order chi connectivity index (χ0) is 20.4. The van der Waals surface area contributed by atoms with E-state index < -0.39 is 5.97 Å². The van der Waals surface area contributed by atoms with Crippen LogP contribution in [0.4, 0.5) is 4.39 Å². The van der Waals surface area contributed by atoms with Crippen molar-refractivity contribution < 1.29 is 18.4 Å². The Morgan fingerprint density at radius 2 is 2.03 bits per heavy atom. The van der Waals surface area contributed by atoms with Crippen molar-refractivity contribution >= 4 is 16.9 Å². The van der Waals surface area contributed by atoms with Crippen LogP contribution in [0.1, 0.15) is 28.5 Å². The van der Waals surface area contributed by atoms with Crippen molar-refractivity contribution in [2.24, 2.45) is 0 Å². The van der Waals surface area contributed by atoms with Crippen molar-refractivity contribution in [3.05, 3.63) is 77.4 Å². The van der Waals surface area contributed by atoms with Gasteiger partial charge in [0.25, 0.3) is 0 Å². The standard InChI is InChI=1S/C22H16FN3O3/c1-2-28-22(27)19-10-21(29-25-19)15-5-8-20-18(9-15)16(11-24)13-26(20)12-14-3-6-17(23)7-4-14/h3-10,13H,2,12H2,1H3. The van der Waals surface area contributed by atoms with Gasteiger partial charge in [0, 0.05) is 35.3 Å². The highest BCUT2D eigenvalue weighted by atomic mass is 19.1. The normalized spacial score (nSPS) is 10.8. The highest BCUT2D eigenvalue weighted by Gasteiger charge is 2.16. The largest absolute Gasteiger partial charge is 0.461 e. The Balaban J connectivity index is 1.70. The molecular weight excluding hydrogens is 373 g/mol. The number of nitriles is 1. The molecule has 2 aromatic heterocycles. The second kappa shape index (κ2) is 7.60. The number of carbonyl (C=O) groups excluding carboxylic acids is 1. The second-order valence-corrected chi connectivity index (χ2v) is 6.44. The van der Waals surface area contributed by atoms with Crippen LogP contribution in [0, 0.1) is 17.1 Å². The summed E-state index contributed by atoms with van der Waals surface area (Å²) >= 11 is 0. The molecule has 0 aliphatic rings. The van der Waals surface area contributed by atoms with Crippen molar-refractivity contribution in [2.45, 2.75) is 13.5 Å². The Hall–Kier alpha value is -3.92. The first-order chi connectivity index (χ1) is 14.1. The fraction of sp³-hybridized carbons (Fsp3) is 0.136. The number of carbonyl (C=O) groups is 1. The van der Waals surface area contributed by atoms with Crippen molar-refractivity contribution in [1.82, 2.24) is 9.72 Å². The Bertz CT molecular complexity index is 1230. The Kier molecular flexibility index (Phi) is 4.83. The lowest BCUT2D eigenvalue weighted by molar-refractivity contribution is 0.0514. The van der Waals surface area contributed by atoms with Gasteiger partial charge in [0.2, 0.25) is 0 Å². The monoisotopic (exact) mass is 389 g/mol. The predicted molar refractivity (Wildman–Crippen MR) is 104 cm³/mol. The summed E-state index contributed by atoms with van der Waals surface area (Å²) in [6, 6.07) is 15.5. The molecule has 144 valence electrons. The number of hydrogen-bond donors (Lipinski definition) is 0. The van der Waals surface area contributed by atoms with Crippen molar-refractivity contribution in [3.8, 4) is 17.4 Å². The molecule has 0 amide bonds. The number of fused-ring (bicyclic) bond motifs is 1. The van der Waals surface area contributed by atoms with Gasteiger partial charge in [-0.1, -0.05) is 17.3 Å². The fourth-order valence-corrected chi connectivity index (χ4v) is 3.17. The van der Waals surface area contributed by atoms with Crippen LogP contribution in [-0.4, -0.2) is 22.3 Å². The minimum absolute atomic E-state index is 0.0938. The summed E-state index contributed by atoms with van der Waals surface area (Å²) in [5, 5.41) is 14.0. The molecule has 0 bridgehead atoms. The van der Waals surface area contributed by atoms with Crippen LogP contribution in [0.3, 0.4) is 0 Å². The van der Waals surface area contributed by atoms with E-state index in [1.807, 2.05) is 22.8 Å². The van der Waals surface area contributed by atoms with E-state index in [2.05, 4.69) is 11.2 Å². The zero-order valence-electron chi connectivity index (χ0n) is 15.6. The van der Waals surface area contributed by atoms with E-state index in [9.17, 15) is 14.4 Å². The molecule has 0 N–H and O–H groups in total. The lowest BCUT2D eigenvalue weighted by Gasteiger charge is -2.06. The molecule has 0 unspecified atom stereocenters. The van der Waals surface area contributed by atoms with Gasteiger partial charge in [-0.15, -0.1) is 0 Å². The lowest BCUT2D eigenvalue weighted by Crippen LogP contribution is -2.04. The average molecular weight is 389 g/mol. The third kappa shape index (κ3) is 3.60. The van der Waals surface area contributed by atoms with E-state index in [1.54, 1.807) is 25.3 Å². The van der Waals surface area contributed by atoms with Crippen molar-refractivity contribution in [1.29, 1.82) is 5.26 Å². The van der Waals surface area contributed by atoms with E-state index in [-0.39, 0.29) is 18.1 Å². The van der Waals surface area contributed by atoms with Crippen LogP contribution in [0.25, 0.3) is 22.2 Å². The van der Waals surface area contributed by atoms with Crippen molar-refractivity contribution in [3.63, 3.8) is 0 Å². The summed E-state index contributed by atoms with van der Waals surface area (Å²) in [6.07, 6.45) is 1.77. The van der Waals surface area contributed by atoms with Crippen LogP contribution in [0.5, 0.6) is 0 Å². The molecule has 2 aromatic carbocycles. The summed E-state index contributed by atoms with van der Waals surface area (Å²) in [5.74, 6) is -0.431. The number of rotatable bonds is 5. The predicted octanol–water partition coefficient (Wildman–Crippen LogP) is 4.53. The summed E-state index contributed by atoms with van der Waals surface area (Å²) < 4.78 is 25.3. The number of esters is 1. The van der Waals surface area contributed by atoms with Gasteiger partial charge in [0.1, 0.15) is 11.9 Å². The van der Waals surface area contributed by atoms with Gasteiger partial charge in [0.15, 0.2) is 11.5 Å². The zero-order valence-corrected chi connectivity index (χ0v) is 15.6. The summed E-state index contributed by atoms with van der Waals surface area (Å²) in [7, 11) is 0. The van der Waals surface area contributed by atoms with E-state index in [1.165, 1.54) is 18.2 Å². The van der Waals surface area contributed by atoms with Crippen LogP contribution in [0.2, 0.25) is 0 Å². The Morgan fingerprint density at radius 3 is 2.76 bits per heavy atom. The molecule has 6 nitrogen and oxygen atoms in total. The second-order valence-electron chi connectivity index (χ2n) is 6.44. The van der Waals surface area contributed by atoms with Crippen LogP contribution in [0.15, 0.2) is 59.3 Å². The number of hydrogen-bond acceptors (Lipinski definition) is 5. The molecule has 0 radical (unpaired) electrons. The maximum atomic E-state index is 13.1. The molecule has 0 fully saturated rings. The molecule has 7 heteroatoms. The molecule has 4 aromatic rings. The quantitative estimate of drug-likeness (QED) is 0.468. The minimum atomic E-state index is -0.549. The molecule has 4 rings (SSSR count). The summed E-state index contributed by atoms with van der Waals surface area (Å²) in [5.41, 5.74) is 3.08. The Morgan fingerprint density at radius 1 is 1.24 bits per heavy atom. The first-order valence-corrected chi connectivity index (χ1v) is 9.00. The highest BCUT2D eigenvalue weighted by Crippen LogP contribution is 2.29. The minimum Gasteiger partial charge on any atom is -0.461 e. The van der Waals surface area contributed by atoms with E-state index >= 15 is 0 Å². The number of benzene rings is 2. The van der Waals surface area contributed by atoms with Gasteiger partial charge in [-0.2, -0.15) is 5.26 Å². The van der Waals surface area contributed by atoms with Gasteiger partial charge >= 0.3 is 5.97 Å². The van der Waals surface area contributed by atoms with Crippen molar-refractivity contribution in [2.75, 3.05) is 6.61 Å². The number of ether oxygens (including phenoxy) is 1. The Labute approximate surface area is 165 Å². The molecule has 0 saturated carbocycles. The molecule has 0 atom stereocenters.